The first-order valence-electron chi connectivity index (χ1n) is 8.66. The first kappa shape index (κ1) is 18.8. The van der Waals surface area contributed by atoms with Gasteiger partial charge in [-0.15, -0.1) is 5.54 Å². The minimum absolute atomic E-state index is 0.236. The van der Waals surface area contributed by atoms with Crippen LogP contribution in [-0.4, -0.2) is 46.2 Å². The molecule has 2 aromatic rings. The Morgan fingerprint density at radius 1 is 1.46 bits per heavy atom. The second-order valence-corrected chi connectivity index (χ2v) is 12.8. The highest BCUT2D eigenvalue weighted by molar-refractivity contribution is 6.83. The Morgan fingerprint density at radius 3 is 2.73 bits per heavy atom. The van der Waals surface area contributed by atoms with Gasteiger partial charge in [0.2, 0.25) is 0 Å². The Bertz CT molecular complexity index is 894. The van der Waals surface area contributed by atoms with Crippen LogP contribution in [0.15, 0.2) is 12.4 Å². The minimum Gasteiger partial charge on any atom is -0.394 e. The fourth-order valence-corrected chi connectivity index (χ4v) is 3.73. The summed E-state index contributed by atoms with van der Waals surface area (Å²) < 4.78 is 22.9. The Balaban J connectivity index is 2.19. The van der Waals surface area contributed by atoms with Crippen LogP contribution in [0.5, 0.6) is 0 Å². The lowest BCUT2D eigenvalue weighted by Crippen LogP contribution is -2.32. The number of alkyl halides is 1. The molecule has 1 saturated heterocycles. The number of aliphatic hydroxyl groups is 1. The molecule has 3 rings (SSSR count). The van der Waals surface area contributed by atoms with Crippen LogP contribution in [0, 0.1) is 17.4 Å². The van der Waals surface area contributed by atoms with E-state index in [4.69, 9.17) is 10.5 Å². The van der Waals surface area contributed by atoms with E-state index in [0.717, 1.165) is 0 Å². The van der Waals surface area contributed by atoms with Crippen LogP contribution in [0.4, 0.5) is 10.2 Å². The third-order valence-corrected chi connectivity index (χ3v) is 5.78. The molecule has 0 aromatic carbocycles. The highest BCUT2D eigenvalue weighted by atomic mass is 28.3. The maximum absolute atomic E-state index is 15.5. The van der Waals surface area contributed by atoms with Gasteiger partial charge in [0.15, 0.2) is 5.82 Å². The largest absolute Gasteiger partial charge is 0.394 e. The second-order valence-electron chi connectivity index (χ2n) is 8.07. The van der Waals surface area contributed by atoms with E-state index in [1.807, 2.05) is 0 Å². The van der Waals surface area contributed by atoms with Gasteiger partial charge in [-0.05, 0) is 13.0 Å². The Kier molecular flexibility index (Phi) is 4.59. The maximum atomic E-state index is 15.5. The molecule has 0 unspecified atom stereocenters. The van der Waals surface area contributed by atoms with Crippen LogP contribution in [-0.2, 0) is 4.74 Å². The van der Waals surface area contributed by atoms with E-state index in [-0.39, 0.29) is 12.4 Å². The molecule has 0 spiro atoms. The number of anilines is 1. The molecule has 140 valence electrons. The monoisotopic (exact) mass is 376 g/mol. The number of halogens is 1. The predicted octanol–water partition coefficient (Wildman–Crippen LogP) is 2.34. The third kappa shape index (κ3) is 3.11. The van der Waals surface area contributed by atoms with Crippen LogP contribution in [0.25, 0.3) is 5.52 Å². The first-order chi connectivity index (χ1) is 12.1. The van der Waals surface area contributed by atoms with Gasteiger partial charge < -0.3 is 15.6 Å². The molecule has 0 amide bonds. The zero-order valence-electron chi connectivity index (χ0n) is 15.7. The highest BCUT2D eigenvalue weighted by Gasteiger charge is 2.53. The Morgan fingerprint density at radius 2 is 2.15 bits per heavy atom. The molecule has 2 aromatic heterocycles. The Hall–Kier alpha value is -1.95. The van der Waals surface area contributed by atoms with Gasteiger partial charge in [-0.1, -0.05) is 32.5 Å². The SMILES string of the molecule is C[C@@H]1[C@@H](CO)O[C@@H](c2cc(C#C[Si](C)(C)C)c3c(N)ncnn23)[C@]1(C)F. The van der Waals surface area contributed by atoms with Gasteiger partial charge in [0.25, 0.3) is 0 Å². The van der Waals surface area contributed by atoms with E-state index in [0.29, 0.717) is 16.8 Å². The molecule has 6 nitrogen and oxygen atoms in total. The lowest BCUT2D eigenvalue weighted by molar-refractivity contribution is -0.0200. The summed E-state index contributed by atoms with van der Waals surface area (Å²) in [6, 6.07) is 1.78. The molecular weight excluding hydrogens is 351 g/mol. The molecule has 1 aliphatic heterocycles. The summed E-state index contributed by atoms with van der Waals surface area (Å²) in [6.45, 7) is 9.43. The number of ether oxygens (including phenoxy) is 1. The molecule has 3 N–H and O–H groups in total. The van der Waals surface area contributed by atoms with Crippen LogP contribution < -0.4 is 5.73 Å². The molecule has 4 atom stereocenters. The normalized spacial score (nSPS) is 29.0. The fraction of sp³-hybridized carbons (Fsp3) is 0.556. The predicted molar refractivity (Wildman–Crippen MR) is 101 cm³/mol. The quantitative estimate of drug-likeness (QED) is 0.621. The van der Waals surface area contributed by atoms with Crippen molar-refractivity contribution in [1.82, 2.24) is 14.6 Å². The van der Waals surface area contributed by atoms with E-state index in [1.54, 1.807) is 17.5 Å². The van der Waals surface area contributed by atoms with Gasteiger partial charge in [0, 0.05) is 5.92 Å². The summed E-state index contributed by atoms with van der Waals surface area (Å²) in [5, 5.41) is 13.8. The van der Waals surface area contributed by atoms with Gasteiger partial charge in [-0.25, -0.2) is 13.9 Å². The summed E-state index contributed by atoms with van der Waals surface area (Å²) in [5.74, 6) is 3.01. The van der Waals surface area contributed by atoms with E-state index in [1.165, 1.54) is 13.3 Å². The standard InChI is InChI=1S/C18H25FN4O2Si/c1-11-14(9-24)25-16(18(11,2)19)13-8-12(6-7-26(3,4)5)15-17(20)21-10-22-23(13)15/h8,10-11,14,16,24H,9H2,1-5H3,(H2,20,21,22)/t11-,14-,16+,18-/m1/s1. The number of fused-ring (bicyclic) bond motifs is 1. The van der Waals surface area contributed by atoms with E-state index >= 15 is 4.39 Å². The summed E-state index contributed by atoms with van der Waals surface area (Å²) in [7, 11) is -1.61. The number of nitrogens with zero attached hydrogens (tertiary/aromatic N) is 3. The molecule has 1 aliphatic rings. The first-order valence-corrected chi connectivity index (χ1v) is 12.2. The van der Waals surface area contributed by atoms with Crippen LogP contribution in [0.2, 0.25) is 19.6 Å². The third-order valence-electron chi connectivity index (χ3n) is 4.90. The van der Waals surface area contributed by atoms with Gasteiger partial charge in [-0.2, -0.15) is 5.10 Å². The second kappa shape index (κ2) is 6.34. The number of nitrogens with two attached hydrogens (primary N) is 1. The van der Waals surface area contributed by atoms with Crippen LogP contribution in [0.3, 0.4) is 0 Å². The zero-order chi connectivity index (χ0) is 19.3. The van der Waals surface area contributed by atoms with Gasteiger partial charge in [-0.3, -0.25) is 0 Å². The molecule has 0 aliphatic carbocycles. The number of aliphatic hydroxyl groups excluding tert-OH is 1. The van der Waals surface area contributed by atoms with Crippen molar-refractivity contribution >= 4 is 19.4 Å². The van der Waals surface area contributed by atoms with Crippen molar-refractivity contribution in [1.29, 1.82) is 0 Å². The number of hydrogen-bond acceptors (Lipinski definition) is 5. The topological polar surface area (TPSA) is 85.7 Å². The molecule has 0 saturated carbocycles. The maximum Gasteiger partial charge on any atom is 0.152 e. The van der Waals surface area contributed by atoms with Crippen molar-refractivity contribution in [3.8, 4) is 11.5 Å². The number of rotatable bonds is 2. The molecule has 3 heterocycles. The molecule has 8 heteroatoms. The van der Waals surface area contributed by atoms with Gasteiger partial charge >= 0.3 is 0 Å². The smallest absolute Gasteiger partial charge is 0.152 e. The minimum atomic E-state index is -1.66. The van der Waals surface area contributed by atoms with Gasteiger partial charge in [0.1, 0.15) is 31.7 Å². The molecule has 1 fully saturated rings. The van der Waals surface area contributed by atoms with Gasteiger partial charge in [0.05, 0.1) is 24.0 Å². The zero-order valence-corrected chi connectivity index (χ0v) is 16.7. The lowest BCUT2D eigenvalue weighted by Gasteiger charge is -2.24. The van der Waals surface area contributed by atoms with Crippen molar-refractivity contribution in [2.45, 2.75) is 51.4 Å². The van der Waals surface area contributed by atoms with Crippen molar-refractivity contribution < 1.29 is 14.2 Å². The van der Waals surface area contributed by atoms with Crippen molar-refractivity contribution in [3.05, 3.63) is 23.7 Å². The summed E-state index contributed by atoms with van der Waals surface area (Å²) in [5.41, 5.74) is 9.45. The van der Waals surface area contributed by atoms with Crippen LogP contribution in [0.1, 0.15) is 31.2 Å². The highest BCUT2D eigenvalue weighted by Crippen LogP contribution is 2.48. The molecule has 0 radical (unpaired) electrons. The van der Waals surface area contributed by atoms with E-state index in [2.05, 4.69) is 41.2 Å². The van der Waals surface area contributed by atoms with Crippen LogP contribution >= 0.6 is 0 Å². The van der Waals surface area contributed by atoms with E-state index in [9.17, 15) is 5.11 Å². The van der Waals surface area contributed by atoms with Crippen molar-refractivity contribution in [2.75, 3.05) is 12.3 Å². The van der Waals surface area contributed by atoms with E-state index < -0.39 is 31.9 Å². The van der Waals surface area contributed by atoms with Crippen molar-refractivity contribution in [2.24, 2.45) is 5.92 Å². The molecular formula is C18H25FN4O2Si. The molecule has 26 heavy (non-hydrogen) atoms. The summed E-state index contributed by atoms with van der Waals surface area (Å²) >= 11 is 0. The van der Waals surface area contributed by atoms with Crippen molar-refractivity contribution in [3.63, 3.8) is 0 Å². The number of nitrogen functional groups attached to an aromatic ring is 1. The summed E-state index contributed by atoms with van der Waals surface area (Å²) in [4.78, 5) is 4.05. The number of aromatic nitrogens is 3. The molecule has 0 bridgehead atoms. The Labute approximate surface area is 153 Å². The lowest BCUT2D eigenvalue weighted by atomic mass is 9.86. The number of hydrogen-bond donors (Lipinski definition) is 2. The average molecular weight is 377 g/mol. The summed E-state index contributed by atoms with van der Waals surface area (Å²) in [6.07, 6.45) is -0.117. The fourth-order valence-electron chi connectivity index (χ4n) is 3.22. The average Bonchev–Trinajstić information content (AvgIpc) is 3.02.